The van der Waals surface area contributed by atoms with Gasteiger partial charge in [0.1, 0.15) is 6.33 Å². The Labute approximate surface area is 119 Å². The average Bonchev–Trinajstić information content (AvgIpc) is 2.72. The van der Waals surface area contributed by atoms with Crippen LogP contribution in [0.4, 0.5) is 4.39 Å². The molecule has 2 aromatic heterocycles. The molecule has 2 aromatic rings. The van der Waals surface area contributed by atoms with Gasteiger partial charge in [0.2, 0.25) is 0 Å². The van der Waals surface area contributed by atoms with Crippen molar-refractivity contribution in [2.45, 2.75) is 34.2 Å². The Morgan fingerprint density at radius 3 is 2.65 bits per heavy atom. The van der Waals surface area contributed by atoms with Gasteiger partial charge in [-0.1, -0.05) is 13.8 Å². The quantitative estimate of drug-likeness (QED) is 0.913. The highest BCUT2D eigenvalue weighted by Crippen LogP contribution is 2.17. The van der Waals surface area contributed by atoms with E-state index in [1.165, 1.54) is 0 Å². The number of aromatic nitrogens is 3. The molecular formula is C15H21FN4. The number of aryl methyl sites for hydroxylation is 1. The van der Waals surface area contributed by atoms with Crippen molar-refractivity contribution < 1.29 is 4.39 Å². The normalized spacial score (nSPS) is 11.3. The third-order valence-electron chi connectivity index (χ3n) is 3.30. The Kier molecular flexibility index (Phi) is 4.49. The van der Waals surface area contributed by atoms with Gasteiger partial charge < -0.3 is 5.32 Å². The third kappa shape index (κ3) is 3.04. The van der Waals surface area contributed by atoms with Crippen LogP contribution in [0.3, 0.4) is 0 Å². The number of pyridine rings is 1. The minimum atomic E-state index is -0.288. The van der Waals surface area contributed by atoms with Crippen LogP contribution in [0.5, 0.6) is 0 Å². The number of imidazole rings is 1. The number of rotatable bonds is 5. The second-order valence-corrected chi connectivity index (χ2v) is 5.42. The monoisotopic (exact) mass is 276 g/mol. The lowest BCUT2D eigenvalue weighted by Gasteiger charge is -2.11. The highest BCUT2D eigenvalue weighted by molar-refractivity contribution is 5.33. The molecule has 0 aromatic carbocycles. The second-order valence-electron chi connectivity index (χ2n) is 5.42. The van der Waals surface area contributed by atoms with Crippen molar-refractivity contribution in [3.63, 3.8) is 0 Å². The van der Waals surface area contributed by atoms with E-state index in [4.69, 9.17) is 0 Å². The minimum absolute atomic E-state index is 0.288. The summed E-state index contributed by atoms with van der Waals surface area (Å²) in [5.41, 5.74) is 2.42. The summed E-state index contributed by atoms with van der Waals surface area (Å²) in [6.45, 7) is 9.43. The van der Waals surface area contributed by atoms with Crippen molar-refractivity contribution in [2.75, 3.05) is 6.54 Å². The molecule has 1 N–H and O–H groups in total. The molecule has 0 saturated heterocycles. The van der Waals surface area contributed by atoms with Gasteiger partial charge in [-0.05, 0) is 32.4 Å². The summed E-state index contributed by atoms with van der Waals surface area (Å²) < 4.78 is 16.2. The summed E-state index contributed by atoms with van der Waals surface area (Å²) in [5, 5.41) is 3.25. The lowest BCUT2D eigenvalue weighted by Crippen LogP contribution is -2.20. The van der Waals surface area contributed by atoms with Crippen molar-refractivity contribution in [1.82, 2.24) is 19.9 Å². The van der Waals surface area contributed by atoms with E-state index in [0.29, 0.717) is 23.8 Å². The van der Waals surface area contributed by atoms with Crippen LogP contribution in [0.15, 0.2) is 18.6 Å². The first-order chi connectivity index (χ1) is 9.50. The van der Waals surface area contributed by atoms with Crippen LogP contribution in [0.25, 0.3) is 5.82 Å². The maximum absolute atomic E-state index is 14.5. The topological polar surface area (TPSA) is 42.7 Å². The number of halogens is 1. The molecule has 0 amide bonds. The zero-order valence-electron chi connectivity index (χ0n) is 12.4. The lowest BCUT2D eigenvalue weighted by molar-refractivity contribution is 0.530. The molecule has 0 bridgehead atoms. The van der Waals surface area contributed by atoms with Crippen molar-refractivity contribution in [3.05, 3.63) is 41.4 Å². The van der Waals surface area contributed by atoms with Crippen LogP contribution in [0, 0.1) is 25.6 Å². The molecule has 0 fully saturated rings. The van der Waals surface area contributed by atoms with Crippen molar-refractivity contribution in [1.29, 1.82) is 0 Å². The van der Waals surface area contributed by atoms with Gasteiger partial charge in [-0.15, -0.1) is 0 Å². The number of hydrogen-bond donors (Lipinski definition) is 1. The molecule has 0 saturated carbocycles. The molecule has 0 radical (unpaired) electrons. The number of nitrogens with zero attached hydrogens (tertiary/aromatic N) is 3. The molecule has 2 heterocycles. The van der Waals surface area contributed by atoms with Gasteiger partial charge in [0.15, 0.2) is 11.6 Å². The predicted octanol–water partition coefficient (Wildman–Crippen LogP) is 2.77. The standard InChI is InChI=1S/C15H21FN4/c1-10(2)7-17-8-13-5-6-18-15(14(13)16)20-9-19-11(3)12(20)4/h5-6,9-10,17H,7-8H2,1-4H3. The molecule has 0 aliphatic rings. The molecule has 5 heteroatoms. The summed E-state index contributed by atoms with van der Waals surface area (Å²) >= 11 is 0. The predicted molar refractivity (Wildman–Crippen MR) is 77.3 cm³/mol. The lowest BCUT2D eigenvalue weighted by atomic mass is 10.2. The Hall–Kier alpha value is -1.75. The van der Waals surface area contributed by atoms with Crippen LogP contribution in [0.2, 0.25) is 0 Å². The Morgan fingerprint density at radius 1 is 1.30 bits per heavy atom. The fourth-order valence-electron chi connectivity index (χ4n) is 1.98. The maximum atomic E-state index is 14.5. The molecule has 0 unspecified atom stereocenters. The first kappa shape index (κ1) is 14.7. The highest BCUT2D eigenvalue weighted by Gasteiger charge is 2.13. The summed E-state index contributed by atoms with van der Waals surface area (Å²) in [5.74, 6) is 0.564. The van der Waals surface area contributed by atoms with Crippen LogP contribution in [0.1, 0.15) is 30.8 Å². The van der Waals surface area contributed by atoms with Crippen molar-refractivity contribution in [2.24, 2.45) is 5.92 Å². The largest absolute Gasteiger partial charge is 0.312 e. The molecular weight excluding hydrogens is 255 g/mol. The fourth-order valence-corrected chi connectivity index (χ4v) is 1.98. The summed E-state index contributed by atoms with van der Waals surface area (Å²) in [4.78, 5) is 8.34. The van der Waals surface area contributed by atoms with E-state index in [1.54, 1.807) is 23.2 Å². The zero-order chi connectivity index (χ0) is 14.7. The summed E-state index contributed by atoms with van der Waals surface area (Å²) in [6.07, 6.45) is 3.25. The van der Waals surface area contributed by atoms with E-state index in [0.717, 1.165) is 17.9 Å². The van der Waals surface area contributed by atoms with E-state index >= 15 is 0 Å². The highest BCUT2D eigenvalue weighted by atomic mass is 19.1. The van der Waals surface area contributed by atoms with Crippen LogP contribution >= 0.6 is 0 Å². The molecule has 0 aliphatic heterocycles. The minimum Gasteiger partial charge on any atom is -0.312 e. The van der Waals surface area contributed by atoms with E-state index in [-0.39, 0.29) is 5.82 Å². The smallest absolute Gasteiger partial charge is 0.174 e. The summed E-state index contributed by atoms with van der Waals surface area (Å²) in [7, 11) is 0. The van der Waals surface area contributed by atoms with Gasteiger partial charge in [0.25, 0.3) is 0 Å². The van der Waals surface area contributed by atoms with Gasteiger partial charge in [-0.2, -0.15) is 0 Å². The molecule has 2 rings (SSSR count). The van der Waals surface area contributed by atoms with E-state index in [2.05, 4.69) is 29.1 Å². The molecule has 0 atom stereocenters. The molecule has 0 spiro atoms. The number of nitrogens with one attached hydrogen (secondary N) is 1. The van der Waals surface area contributed by atoms with Crippen molar-refractivity contribution >= 4 is 0 Å². The molecule has 0 aliphatic carbocycles. The van der Waals surface area contributed by atoms with Crippen molar-refractivity contribution in [3.8, 4) is 5.82 Å². The third-order valence-corrected chi connectivity index (χ3v) is 3.30. The van der Waals surface area contributed by atoms with Gasteiger partial charge in [-0.25, -0.2) is 14.4 Å². The van der Waals surface area contributed by atoms with Crippen LogP contribution in [-0.2, 0) is 6.54 Å². The Bertz CT molecular complexity index is 590. The molecule has 108 valence electrons. The number of hydrogen-bond acceptors (Lipinski definition) is 3. The van der Waals surface area contributed by atoms with E-state index < -0.39 is 0 Å². The Balaban J connectivity index is 2.25. The van der Waals surface area contributed by atoms with Gasteiger partial charge in [0, 0.05) is 24.0 Å². The molecule has 4 nitrogen and oxygen atoms in total. The second kappa shape index (κ2) is 6.13. The summed E-state index contributed by atoms with van der Waals surface area (Å²) in [6, 6.07) is 1.71. The zero-order valence-corrected chi connectivity index (χ0v) is 12.4. The van der Waals surface area contributed by atoms with Gasteiger partial charge >= 0.3 is 0 Å². The average molecular weight is 276 g/mol. The first-order valence-corrected chi connectivity index (χ1v) is 6.85. The van der Waals surface area contributed by atoms with Crippen LogP contribution in [-0.4, -0.2) is 21.1 Å². The first-order valence-electron chi connectivity index (χ1n) is 6.85. The van der Waals surface area contributed by atoms with Crippen LogP contribution < -0.4 is 5.32 Å². The fraction of sp³-hybridized carbons (Fsp3) is 0.467. The van der Waals surface area contributed by atoms with Gasteiger partial charge in [0.05, 0.1) is 5.69 Å². The maximum Gasteiger partial charge on any atom is 0.174 e. The SMILES string of the molecule is Cc1ncn(-c2nccc(CNCC(C)C)c2F)c1C. The molecule has 20 heavy (non-hydrogen) atoms. The van der Waals surface area contributed by atoms with Gasteiger partial charge in [-0.3, -0.25) is 4.57 Å². The van der Waals surface area contributed by atoms with E-state index in [1.807, 2.05) is 13.8 Å². The Morgan fingerprint density at radius 2 is 2.05 bits per heavy atom. The van der Waals surface area contributed by atoms with E-state index in [9.17, 15) is 4.39 Å².